The van der Waals surface area contributed by atoms with E-state index in [0.29, 0.717) is 12.0 Å². The van der Waals surface area contributed by atoms with Crippen LogP contribution in [0, 0.1) is 5.92 Å². The van der Waals surface area contributed by atoms with Gasteiger partial charge in [0.05, 0.1) is 0 Å². The van der Waals surface area contributed by atoms with E-state index in [9.17, 15) is 4.79 Å². The summed E-state index contributed by atoms with van der Waals surface area (Å²) in [5, 5.41) is 6.59. The standard InChI is InChI=1S/C16H22N2O/c1-11-5-4-8-14(11)18-16(19)15-13-7-3-2-6-12(13)9-10-17-15/h2-3,6-7,11,14-15,17H,4-5,8-10H2,1H3,(H,18,19). The summed E-state index contributed by atoms with van der Waals surface area (Å²) in [6.45, 7) is 3.12. The Kier molecular flexibility index (Phi) is 3.56. The molecule has 1 fully saturated rings. The summed E-state index contributed by atoms with van der Waals surface area (Å²) in [6.07, 6.45) is 4.61. The average Bonchev–Trinajstić information content (AvgIpc) is 2.83. The molecule has 1 aliphatic heterocycles. The molecule has 1 aromatic rings. The van der Waals surface area contributed by atoms with E-state index in [1.807, 2.05) is 6.07 Å². The smallest absolute Gasteiger partial charge is 0.241 e. The first-order valence-electron chi connectivity index (χ1n) is 7.37. The van der Waals surface area contributed by atoms with Crippen molar-refractivity contribution in [2.45, 2.75) is 44.7 Å². The normalized spacial score (nSPS) is 29.8. The molecule has 19 heavy (non-hydrogen) atoms. The molecule has 3 atom stereocenters. The van der Waals surface area contributed by atoms with Crippen LogP contribution in [0.25, 0.3) is 0 Å². The van der Waals surface area contributed by atoms with Crippen molar-refractivity contribution in [3.8, 4) is 0 Å². The van der Waals surface area contributed by atoms with Gasteiger partial charge in [0, 0.05) is 12.6 Å². The second-order valence-electron chi connectivity index (χ2n) is 5.86. The van der Waals surface area contributed by atoms with Crippen molar-refractivity contribution in [1.82, 2.24) is 10.6 Å². The molecule has 3 rings (SSSR count). The van der Waals surface area contributed by atoms with Crippen LogP contribution >= 0.6 is 0 Å². The van der Waals surface area contributed by atoms with Crippen molar-refractivity contribution in [3.63, 3.8) is 0 Å². The van der Waals surface area contributed by atoms with Crippen LogP contribution in [0.2, 0.25) is 0 Å². The number of amides is 1. The van der Waals surface area contributed by atoms with Crippen LogP contribution < -0.4 is 10.6 Å². The Balaban J connectivity index is 1.74. The minimum absolute atomic E-state index is 0.144. The van der Waals surface area contributed by atoms with Crippen LogP contribution in [0.3, 0.4) is 0 Å². The Morgan fingerprint density at radius 2 is 2.16 bits per heavy atom. The summed E-state index contributed by atoms with van der Waals surface area (Å²) in [6, 6.07) is 8.47. The van der Waals surface area contributed by atoms with Crippen molar-refractivity contribution < 1.29 is 4.79 Å². The van der Waals surface area contributed by atoms with Gasteiger partial charge in [0.2, 0.25) is 5.91 Å². The van der Waals surface area contributed by atoms with Gasteiger partial charge in [0.15, 0.2) is 0 Å². The molecule has 3 nitrogen and oxygen atoms in total. The van der Waals surface area contributed by atoms with Crippen molar-refractivity contribution >= 4 is 5.91 Å². The van der Waals surface area contributed by atoms with Crippen molar-refractivity contribution in [3.05, 3.63) is 35.4 Å². The van der Waals surface area contributed by atoms with Crippen LogP contribution in [-0.4, -0.2) is 18.5 Å². The Morgan fingerprint density at radius 1 is 1.32 bits per heavy atom. The second-order valence-corrected chi connectivity index (χ2v) is 5.86. The molecule has 1 heterocycles. The molecule has 0 saturated heterocycles. The van der Waals surface area contributed by atoms with Gasteiger partial charge in [-0.3, -0.25) is 4.79 Å². The molecule has 3 heteroatoms. The molecule has 1 saturated carbocycles. The van der Waals surface area contributed by atoms with Crippen LogP contribution in [0.5, 0.6) is 0 Å². The topological polar surface area (TPSA) is 41.1 Å². The number of carbonyl (C=O) groups is 1. The number of hydrogen-bond acceptors (Lipinski definition) is 2. The monoisotopic (exact) mass is 258 g/mol. The predicted octanol–water partition coefficient (Wildman–Crippen LogP) is 2.18. The van der Waals surface area contributed by atoms with Gasteiger partial charge in [-0.05, 0) is 36.3 Å². The largest absolute Gasteiger partial charge is 0.351 e. The van der Waals surface area contributed by atoms with Crippen LogP contribution in [0.15, 0.2) is 24.3 Å². The zero-order chi connectivity index (χ0) is 13.2. The van der Waals surface area contributed by atoms with Gasteiger partial charge in [-0.25, -0.2) is 0 Å². The molecular weight excluding hydrogens is 236 g/mol. The highest BCUT2D eigenvalue weighted by molar-refractivity contribution is 5.84. The van der Waals surface area contributed by atoms with Crippen LogP contribution in [-0.2, 0) is 11.2 Å². The lowest BCUT2D eigenvalue weighted by molar-refractivity contribution is -0.124. The lowest BCUT2D eigenvalue weighted by Gasteiger charge is -2.28. The molecule has 2 N–H and O–H groups in total. The third-order valence-corrected chi connectivity index (χ3v) is 4.56. The molecule has 1 aliphatic carbocycles. The average molecular weight is 258 g/mol. The van der Waals surface area contributed by atoms with E-state index >= 15 is 0 Å². The molecule has 1 amide bonds. The predicted molar refractivity (Wildman–Crippen MR) is 75.8 cm³/mol. The highest BCUT2D eigenvalue weighted by atomic mass is 16.2. The van der Waals surface area contributed by atoms with E-state index in [1.54, 1.807) is 0 Å². The number of hydrogen-bond donors (Lipinski definition) is 2. The van der Waals surface area contributed by atoms with E-state index < -0.39 is 0 Å². The number of benzene rings is 1. The number of carbonyl (C=O) groups excluding carboxylic acids is 1. The summed E-state index contributed by atoms with van der Waals surface area (Å²) < 4.78 is 0. The number of rotatable bonds is 2. The second kappa shape index (κ2) is 5.33. The first-order chi connectivity index (χ1) is 9.25. The Morgan fingerprint density at radius 3 is 2.95 bits per heavy atom. The maximum atomic E-state index is 12.5. The van der Waals surface area contributed by atoms with Crippen molar-refractivity contribution in [2.75, 3.05) is 6.54 Å². The van der Waals surface area contributed by atoms with Gasteiger partial charge in [-0.2, -0.15) is 0 Å². The van der Waals surface area contributed by atoms with Gasteiger partial charge < -0.3 is 10.6 Å². The first kappa shape index (κ1) is 12.7. The lowest BCUT2D eigenvalue weighted by atomic mass is 9.93. The highest BCUT2D eigenvalue weighted by Crippen LogP contribution is 2.27. The third kappa shape index (κ3) is 2.52. The zero-order valence-corrected chi connectivity index (χ0v) is 11.5. The minimum Gasteiger partial charge on any atom is -0.351 e. The maximum absolute atomic E-state index is 12.5. The molecule has 0 spiro atoms. The van der Waals surface area contributed by atoms with Crippen LogP contribution in [0.4, 0.5) is 0 Å². The number of nitrogens with one attached hydrogen (secondary N) is 2. The maximum Gasteiger partial charge on any atom is 0.241 e. The lowest BCUT2D eigenvalue weighted by Crippen LogP contribution is -2.45. The first-order valence-corrected chi connectivity index (χ1v) is 7.37. The van der Waals surface area contributed by atoms with Gasteiger partial charge >= 0.3 is 0 Å². The Hall–Kier alpha value is -1.35. The molecular formula is C16H22N2O. The van der Waals surface area contributed by atoms with E-state index in [0.717, 1.165) is 24.9 Å². The summed E-state index contributed by atoms with van der Waals surface area (Å²) in [5.74, 6) is 0.758. The van der Waals surface area contributed by atoms with E-state index in [-0.39, 0.29) is 11.9 Å². The van der Waals surface area contributed by atoms with Crippen LogP contribution in [0.1, 0.15) is 43.4 Å². The minimum atomic E-state index is -0.169. The fourth-order valence-electron chi connectivity index (χ4n) is 3.36. The molecule has 102 valence electrons. The molecule has 3 unspecified atom stereocenters. The molecule has 1 aromatic carbocycles. The quantitative estimate of drug-likeness (QED) is 0.853. The van der Waals surface area contributed by atoms with E-state index in [2.05, 4.69) is 35.8 Å². The van der Waals surface area contributed by atoms with Gasteiger partial charge in [0.1, 0.15) is 6.04 Å². The Labute approximate surface area is 114 Å². The van der Waals surface area contributed by atoms with E-state index in [1.165, 1.54) is 18.4 Å². The third-order valence-electron chi connectivity index (χ3n) is 4.56. The molecule has 0 aromatic heterocycles. The van der Waals surface area contributed by atoms with Gasteiger partial charge in [0.25, 0.3) is 0 Å². The van der Waals surface area contributed by atoms with E-state index in [4.69, 9.17) is 0 Å². The summed E-state index contributed by atoms with van der Waals surface area (Å²) in [7, 11) is 0. The fourth-order valence-corrected chi connectivity index (χ4v) is 3.36. The SMILES string of the molecule is CC1CCCC1NC(=O)C1NCCc2ccccc21. The molecule has 2 aliphatic rings. The zero-order valence-electron chi connectivity index (χ0n) is 11.5. The van der Waals surface area contributed by atoms with Gasteiger partial charge in [-0.1, -0.05) is 37.6 Å². The molecule has 0 bridgehead atoms. The fraction of sp³-hybridized carbons (Fsp3) is 0.562. The van der Waals surface area contributed by atoms with Gasteiger partial charge in [-0.15, -0.1) is 0 Å². The summed E-state index contributed by atoms with van der Waals surface area (Å²) in [4.78, 5) is 12.5. The van der Waals surface area contributed by atoms with Crippen molar-refractivity contribution in [1.29, 1.82) is 0 Å². The summed E-state index contributed by atoms with van der Waals surface area (Å²) >= 11 is 0. The number of fused-ring (bicyclic) bond motifs is 1. The molecule has 0 radical (unpaired) electrons. The Bertz CT molecular complexity index is 472. The summed E-state index contributed by atoms with van der Waals surface area (Å²) in [5.41, 5.74) is 2.46. The highest BCUT2D eigenvalue weighted by Gasteiger charge is 2.30. The van der Waals surface area contributed by atoms with Crippen molar-refractivity contribution in [2.24, 2.45) is 5.92 Å².